The summed E-state index contributed by atoms with van der Waals surface area (Å²) in [5.74, 6) is 0.0568. The highest BCUT2D eigenvalue weighted by Crippen LogP contribution is 2.16. The summed E-state index contributed by atoms with van der Waals surface area (Å²) in [4.78, 5) is 12.8. The fourth-order valence-corrected chi connectivity index (χ4v) is 2.44. The molecule has 0 aliphatic carbocycles. The van der Waals surface area contributed by atoms with E-state index in [9.17, 15) is 4.39 Å². The Balaban J connectivity index is 1.72. The van der Waals surface area contributed by atoms with Gasteiger partial charge in [0.1, 0.15) is 5.82 Å². The number of fused-ring (bicyclic) bond motifs is 1. The standard InChI is InChI=1S/C17H15FN6S/c1-10-13-4-2-3-5-14(13)22-16(20-10)23-15(19)24-17(25)21-12-8-6-11(18)7-9-12/h2-9H,1H3,(H4,19,20,21,22,23,24,25). The Labute approximate surface area is 149 Å². The number of nitrogens with zero attached hydrogens (tertiary/aromatic N) is 3. The summed E-state index contributed by atoms with van der Waals surface area (Å²) in [5.41, 5.74) is 8.09. The van der Waals surface area contributed by atoms with Gasteiger partial charge in [-0.25, -0.2) is 14.4 Å². The molecule has 3 rings (SSSR count). The average molecular weight is 354 g/mol. The Bertz CT molecular complexity index is 955. The maximum atomic E-state index is 12.9. The molecule has 3 aromatic rings. The highest BCUT2D eigenvalue weighted by Gasteiger charge is 2.05. The summed E-state index contributed by atoms with van der Waals surface area (Å²) >= 11 is 5.11. The minimum atomic E-state index is -0.329. The number of halogens is 1. The summed E-state index contributed by atoms with van der Waals surface area (Å²) in [6.07, 6.45) is 0. The first-order valence-electron chi connectivity index (χ1n) is 7.42. The van der Waals surface area contributed by atoms with E-state index < -0.39 is 0 Å². The first-order valence-corrected chi connectivity index (χ1v) is 7.83. The predicted octanol–water partition coefficient (Wildman–Crippen LogP) is 3.20. The van der Waals surface area contributed by atoms with Crippen molar-refractivity contribution in [1.29, 1.82) is 0 Å². The van der Waals surface area contributed by atoms with Crippen molar-refractivity contribution in [2.75, 3.05) is 10.6 Å². The molecule has 0 radical (unpaired) electrons. The van der Waals surface area contributed by atoms with Crippen molar-refractivity contribution >= 4 is 45.8 Å². The lowest BCUT2D eigenvalue weighted by atomic mass is 10.2. The molecule has 0 fully saturated rings. The van der Waals surface area contributed by atoms with E-state index in [1.54, 1.807) is 12.1 Å². The second-order valence-corrected chi connectivity index (χ2v) is 5.60. The lowest BCUT2D eigenvalue weighted by Crippen LogP contribution is -2.26. The number of aromatic nitrogens is 2. The zero-order valence-corrected chi connectivity index (χ0v) is 14.1. The van der Waals surface area contributed by atoms with E-state index in [1.807, 2.05) is 31.2 Å². The van der Waals surface area contributed by atoms with Crippen LogP contribution >= 0.6 is 12.2 Å². The van der Waals surface area contributed by atoms with E-state index in [-0.39, 0.29) is 16.9 Å². The molecule has 0 bridgehead atoms. The van der Waals surface area contributed by atoms with Crippen LogP contribution < -0.4 is 16.4 Å². The maximum Gasteiger partial charge on any atom is 0.230 e. The Morgan fingerprint density at radius 1 is 1.08 bits per heavy atom. The van der Waals surface area contributed by atoms with Gasteiger partial charge in [0, 0.05) is 11.1 Å². The lowest BCUT2D eigenvalue weighted by Gasteiger charge is -2.08. The molecular weight excluding hydrogens is 339 g/mol. The van der Waals surface area contributed by atoms with Crippen molar-refractivity contribution in [2.24, 2.45) is 10.7 Å². The molecule has 0 atom stereocenters. The minimum absolute atomic E-state index is 0.0503. The van der Waals surface area contributed by atoms with Crippen molar-refractivity contribution in [1.82, 2.24) is 9.97 Å². The zero-order chi connectivity index (χ0) is 17.8. The molecule has 0 unspecified atom stereocenters. The van der Waals surface area contributed by atoms with Gasteiger partial charge in [-0.3, -0.25) is 5.32 Å². The fraction of sp³-hybridized carbons (Fsp3) is 0.0588. The second-order valence-electron chi connectivity index (χ2n) is 5.21. The number of anilines is 2. The topological polar surface area (TPSA) is 88.2 Å². The Morgan fingerprint density at radius 2 is 1.80 bits per heavy atom. The van der Waals surface area contributed by atoms with Crippen LogP contribution in [0.4, 0.5) is 16.0 Å². The van der Waals surface area contributed by atoms with Gasteiger partial charge in [0.05, 0.1) is 11.2 Å². The summed E-state index contributed by atoms with van der Waals surface area (Å²) in [6, 6.07) is 13.4. The number of benzene rings is 2. The maximum absolute atomic E-state index is 12.9. The first-order chi connectivity index (χ1) is 12.0. The largest absolute Gasteiger partial charge is 0.369 e. The fourth-order valence-electron chi connectivity index (χ4n) is 2.23. The van der Waals surface area contributed by atoms with Crippen molar-refractivity contribution in [3.05, 3.63) is 60.0 Å². The molecule has 4 N–H and O–H groups in total. The zero-order valence-electron chi connectivity index (χ0n) is 13.3. The van der Waals surface area contributed by atoms with Gasteiger partial charge in [-0.2, -0.15) is 4.99 Å². The first kappa shape index (κ1) is 16.7. The normalized spacial score (nSPS) is 11.4. The Morgan fingerprint density at radius 3 is 2.56 bits per heavy atom. The number of nitrogens with two attached hydrogens (primary N) is 1. The molecule has 2 aromatic carbocycles. The van der Waals surface area contributed by atoms with Gasteiger partial charge in [0.15, 0.2) is 0 Å². The molecule has 25 heavy (non-hydrogen) atoms. The number of para-hydroxylation sites is 1. The van der Waals surface area contributed by atoms with Crippen molar-refractivity contribution < 1.29 is 4.39 Å². The van der Waals surface area contributed by atoms with Gasteiger partial charge in [-0.1, -0.05) is 18.2 Å². The van der Waals surface area contributed by atoms with Gasteiger partial charge in [-0.15, -0.1) is 0 Å². The van der Waals surface area contributed by atoms with Crippen LogP contribution in [0.2, 0.25) is 0 Å². The SMILES string of the molecule is Cc1nc(NC(N)=NC(=S)Nc2ccc(F)cc2)nc2ccccc12. The van der Waals surface area contributed by atoms with Gasteiger partial charge in [0.2, 0.25) is 17.0 Å². The van der Waals surface area contributed by atoms with Gasteiger partial charge in [-0.05, 0) is 49.5 Å². The number of thiocarbonyl (C=S) groups is 1. The molecule has 0 amide bonds. The number of nitrogens with one attached hydrogen (secondary N) is 2. The average Bonchev–Trinajstić information content (AvgIpc) is 2.57. The van der Waals surface area contributed by atoms with Gasteiger partial charge < -0.3 is 11.1 Å². The third-order valence-electron chi connectivity index (χ3n) is 3.35. The van der Waals surface area contributed by atoms with Gasteiger partial charge >= 0.3 is 0 Å². The Hall–Kier alpha value is -3.13. The minimum Gasteiger partial charge on any atom is -0.369 e. The number of aliphatic imine (C=N–C) groups is 1. The van der Waals surface area contributed by atoms with E-state index in [0.29, 0.717) is 11.6 Å². The molecule has 126 valence electrons. The number of aryl methyl sites for hydroxylation is 1. The van der Waals surface area contributed by atoms with Gasteiger partial charge in [0.25, 0.3) is 0 Å². The predicted molar refractivity (Wildman–Crippen MR) is 102 cm³/mol. The van der Waals surface area contributed by atoms with E-state index in [2.05, 4.69) is 25.6 Å². The molecule has 0 saturated heterocycles. The van der Waals surface area contributed by atoms with Crippen molar-refractivity contribution in [2.45, 2.75) is 6.92 Å². The molecule has 1 heterocycles. The summed E-state index contributed by atoms with van der Waals surface area (Å²) < 4.78 is 12.9. The van der Waals surface area contributed by atoms with Crippen LogP contribution in [-0.4, -0.2) is 21.0 Å². The summed E-state index contributed by atoms with van der Waals surface area (Å²) in [5, 5.41) is 6.76. The van der Waals surface area contributed by atoms with Crippen molar-refractivity contribution in [3.8, 4) is 0 Å². The third-order valence-corrected chi connectivity index (χ3v) is 3.54. The number of hydrogen-bond donors (Lipinski definition) is 3. The number of rotatable bonds is 2. The molecule has 8 heteroatoms. The van der Waals surface area contributed by atoms with Crippen LogP contribution in [0, 0.1) is 12.7 Å². The molecule has 0 aliphatic heterocycles. The molecule has 6 nitrogen and oxygen atoms in total. The molecular formula is C17H15FN6S. The molecule has 0 spiro atoms. The van der Waals surface area contributed by atoms with Crippen LogP contribution in [0.5, 0.6) is 0 Å². The quantitative estimate of drug-likeness (QED) is 0.372. The van der Waals surface area contributed by atoms with Crippen LogP contribution in [0.25, 0.3) is 10.9 Å². The van der Waals surface area contributed by atoms with E-state index in [4.69, 9.17) is 18.0 Å². The summed E-state index contributed by atoms with van der Waals surface area (Å²) in [6.45, 7) is 1.89. The summed E-state index contributed by atoms with van der Waals surface area (Å²) in [7, 11) is 0. The molecule has 0 aliphatic rings. The molecule has 0 saturated carbocycles. The van der Waals surface area contributed by atoms with Crippen LogP contribution in [0.1, 0.15) is 5.69 Å². The third kappa shape index (κ3) is 4.24. The van der Waals surface area contributed by atoms with Crippen LogP contribution in [0.3, 0.4) is 0 Å². The van der Waals surface area contributed by atoms with Crippen LogP contribution in [-0.2, 0) is 0 Å². The molecule has 1 aromatic heterocycles. The monoisotopic (exact) mass is 354 g/mol. The van der Waals surface area contributed by atoms with E-state index >= 15 is 0 Å². The van der Waals surface area contributed by atoms with E-state index in [1.165, 1.54) is 12.1 Å². The highest BCUT2D eigenvalue weighted by atomic mass is 32.1. The lowest BCUT2D eigenvalue weighted by molar-refractivity contribution is 0.628. The highest BCUT2D eigenvalue weighted by molar-refractivity contribution is 7.80. The number of hydrogen-bond acceptors (Lipinski definition) is 3. The smallest absolute Gasteiger partial charge is 0.230 e. The van der Waals surface area contributed by atoms with Crippen molar-refractivity contribution in [3.63, 3.8) is 0 Å². The van der Waals surface area contributed by atoms with Crippen LogP contribution in [0.15, 0.2) is 53.5 Å². The van der Waals surface area contributed by atoms with E-state index in [0.717, 1.165) is 16.6 Å². The Kier molecular flexibility index (Phi) is 4.80. The number of guanidine groups is 1. The second kappa shape index (κ2) is 7.18.